The van der Waals surface area contributed by atoms with Gasteiger partial charge in [0.25, 0.3) is 11.7 Å². The van der Waals surface area contributed by atoms with Crippen LogP contribution in [0.15, 0.2) is 72.4 Å². The molecule has 2 aliphatic rings. The molecule has 1 atom stereocenters. The van der Waals surface area contributed by atoms with E-state index in [0.29, 0.717) is 17.9 Å². The van der Waals surface area contributed by atoms with Gasteiger partial charge in [0.2, 0.25) is 0 Å². The first-order valence-electron chi connectivity index (χ1n) is 12.5. The van der Waals surface area contributed by atoms with Crippen molar-refractivity contribution in [2.45, 2.75) is 32.7 Å². The number of hydrogen-bond acceptors (Lipinski definition) is 4. The Labute approximate surface area is 215 Å². The van der Waals surface area contributed by atoms with Gasteiger partial charge in [-0.1, -0.05) is 24.3 Å². The number of Topliss-reactive ketones (excluding diaryl/α,β-unsaturated/α-hetero) is 1. The first-order chi connectivity index (χ1) is 17.8. The molecule has 6 heteroatoms. The number of benzene rings is 3. The third-order valence-electron chi connectivity index (χ3n) is 7.33. The van der Waals surface area contributed by atoms with Crippen molar-refractivity contribution >= 4 is 34.0 Å². The van der Waals surface area contributed by atoms with Crippen molar-refractivity contribution in [2.24, 2.45) is 7.05 Å². The number of fused-ring (bicyclic) bond motifs is 2. The van der Waals surface area contributed by atoms with Gasteiger partial charge >= 0.3 is 0 Å². The molecule has 6 nitrogen and oxygen atoms in total. The van der Waals surface area contributed by atoms with Crippen LogP contribution in [0.5, 0.6) is 5.75 Å². The molecular weight excluding hydrogens is 464 g/mol. The molecule has 1 unspecified atom stereocenters. The van der Waals surface area contributed by atoms with Crippen LogP contribution >= 0.6 is 0 Å². The second-order valence-electron chi connectivity index (χ2n) is 10.0. The summed E-state index contributed by atoms with van der Waals surface area (Å²) in [5.74, 6) is -0.713. The Kier molecular flexibility index (Phi) is 5.41. The highest BCUT2D eigenvalue weighted by atomic mass is 16.5. The minimum absolute atomic E-state index is 0.0946. The molecule has 4 aromatic rings. The summed E-state index contributed by atoms with van der Waals surface area (Å²) in [6.45, 7) is 4.60. The highest BCUT2D eigenvalue weighted by Gasteiger charge is 2.48. The summed E-state index contributed by atoms with van der Waals surface area (Å²) in [6.07, 6.45) is 3.68. The number of carbonyl (C=O) groups excluding carboxylic acids is 2. The Morgan fingerprint density at radius 2 is 1.76 bits per heavy atom. The lowest BCUT2D eigenvalue weighted by atomic mass is 9.93. The molecule has 1 aromatic heterocycles. The quantitative estimate of drug-likeness (QED) is 0.225. The zero-order valence-corrected chi connectivity index (χ0v) is 21.1. The van der Waals surface area contributed by atoms with Crippen molar-refractivity contribution in [1.82, 2.24) is 4.57 Å². The molecule has 0 aliphatic carbocycles. The van der Waals surface area contributed by atoms with Gasteiger partial charge in [-0.15, -0.1) is 0 Å². The van der Waals surface area contributed by atoms with Crippen molar-refractivity contribution in [2.75, 3.05) is 11.5 Å². The lowest BCUT2D eigenvalue weighted by molar-refractivity contribution is -0.132. The largest absolute Gasteiger partial charge is 0.507 e. The summed E-state index contributed by atoms with van der Waals surface area (Å²) in [5, 5.41) is 12.6. The zero-order valence-electron chi connectivity index (χ0n) is 21.1. The number of ketones is 1. The van der Waals surface area contributed by atoms with Crippen LogP contribution in [0.3, 0.4) is 0 Å². The van der Waals surface area contributed by atoms with Crippen LogP contribution in [-0.4, -0.2) is 28.0 Å². The van der Waals surface area contributed by atoms with E-state index in [1.54, 1.807) is 6.07 Å². The smallest absolute Gasteiger partial charge is 0.300 e. The van der Waals surface area contributed by atoms with Gasteiger partial charge in [0.05, 0.1) is 18.2 Å². The molecule has 0 spiro atoms. The lowest BCUT2D eigenvalue weighted by Gasteiger charge is -2.26. The molecule has 2 aliphatic heterocycles. The molecule has 37 heavy (non-hydrogen) atoms. The number of aromatic nitrogens is 1. The van der Waals surface area contributed by atoms with Crippen molar-refractivity contribution in [3.63, 3.8) is 0 Å². The summed E-state index contributed by atoms with van der Waals surface area (Å²) in [4.78, 5) is 28.8. The minimum Gasteiger partial charge on any atom is -0.507 e. The second kappa shape index (κ2) is 8.66. The summed E-state index contributed by atoms with van der Waals surface area (Å²) >= 11 is 0. The Balaban J connectivity index is 1.61. The van der Waals surface area contributed by atoms with E-state index in [1.165, 1.54) is 4.90 Å². The SMILES string of the molecule is Cc1cc(C)cc(N2C(=O)C(=O)/C(=C(/O)c3ccc4c(c3)CCCO4)C2c2cn(C)c3ccccc23)c1. The lowest BCUT2D eigenvalue weighted by Crippen LogP contribution is -2.29. The zero-order chi connectivity index (χ0) is 25.8. The maximum atomic E-state index is 13.6. The molecular formula is C31H28N2O4. The van der Waals surface area contributed by atoms with E-state index in [2.05, 4.69) is 0 Å². The van der Waals surface area contributed by atoms with E-state index < -0.39 is 17.7 Å². The van der Waals surface area contributed by atoms with Crippen LogP contribution in [-0.2, 0) is 23.1 Å². The molecule has 186 valence electrons. The Morgan fingerprint density at radius 1 is 1.00 bits per heavy atom. The van der Waals surface area contributed by atoms with Gasteiger partial charge in [0.1, 0.15) is 11.5 Å². The second-order valence-corrected chi connectivity index (χ2v) is 10.0. The fraction of sp³-hybridized carbons (Fsp3) is 0.226. The number of nitrogens with zero attached hydrogens (tertiary/aromatic N) is 2. The number of carbonyl (C=O) groups is 2. The van der Waals surface area contributed by atoms with Gasteiger partial charge in [-0.05, 0) is 79.8 Å². The van der Waals surface area contributed by atoms with Gasteiger partial charge in [0.15, 0.2) is 0 Å². The van der Waals surface area contributed by atoms with Crippen molar-refractivity contribution < 1.29 is 19.4 Å². The molecule has 3 heterocycles. The van der Waals surface area contributed by atoms with Crippen molar-refractivity contribution in [3.8, 4) is 5.75 Å². The number of anilines is 1. The van der Waals surface area contributed by atoms with E-state index >= 15 is 0 Å². The average molecular weight is 493 g/mol. The van der Waals surface area contributed by atoms with Crippen molar-refractivity contribution in [3.05, 3.63) is 100 Å². The van der Waals surface area contributed by atoms with Crippen LogP contribution in [0.4, 0.5) is 5.69 Å². The number of hydrogen-bond donors (Lipinski definition) is 1. The summed E-state index contributed by atoms with van der Waals surface area (Å²) in [7, 11) is 1.94. The Hall–Kier alpha value is -4.32. The minimum atomic E-state index is -0.778. The van der Waals surface area contributed by atoms with Gasteiger partial charge < -0.3 is 14.4 Å². The molecule has 0 saturated carbocycles. The number of aliphatic hydroxyl groups excluding tert-OH is 1. The average Bonchev–Trinajstić information content (AvgIpc) is 3.36. The number of para-hydroxylation sites is 1. The predicted molar refractivity (Wildman–Crippen MR) is 144 cm³/mol. The molecule has 1 N–H and O–H groups in total. The van der Waals surface area contributed by atoms with Gasteiger partial charge in [-0.25, -0.2) is 0 Å². The monoisotopic (exact) mass is 492 g/mol. The van der Waals surface area contributed by atoms with Crippen LogP contribution in [0, 0.1) is 13.8 Å². The van der Waals surface area contributed by atoms with Crippen LogP contribution in [0.1, 0.15) is 40.3 Å². The van der Waals surface area contributed by atoms with Crippen molar-refractivity contribution in [1.29, 1.82) is 0 Å². The highest BCUT2D eigenvalue weighted by molar-refractivity contribution is 6.52. The molecule has 0 bridgehead atoms. The predicted octanol–water partition coefficient (Wildman–Crippen LogP) is 5.75. The molecule has 1 amide bonds. The molecule has 6 rings (SSSR count). The molecule has 0 radical (unpaired) electrons. The third kappa shape index (κ3) is 3.71. The van der Waals surface area contributed by atoms with E-state index in [4.69, 9.17) is 4.74 Å². The fourth-order valence-corrected chi connectivity index (χ4v) is 5.74. The number of amides is 1. The number of aryl methyl sites for hydroxylation is 4. The van der Waals surface area contributed by atoms with Crippen LogP contribution in [0.25, 0.3) is 16.7 Å². The van der Waals surface area contributed by atoms with E-state index in [9.17, 15) is 14.7 Å². The first kappa shape index (κ1) is 23.1. The Bertz CT molecular complexity index is 1610. The van der Waals surface area contributed by atoms with E-state index in [0.717, 1.165) is 51.7 Å². The number of rotatable bonds is 3. The molecule has 1 fully saturated rings. The maximum Gasteiger partial charge on any atom is 0.300 e. The maximum absolute atomic E-state index is 13.6. The Morgan fingerprint density at radius 3 is 2.54 bits per heavy atom. The normalized spacial score (nSPS) is 18.8. The molecule has 1 saturated heterocycles. The fourth-order valence-electron chi connectivity index (χ4n) is 5.74. The summed E-state index contributed by atoms with van der Waals surface area (Å²) in [5.41, 5.74) is 5.97. The van der Waals surface area contributed by atoms with E-state index in [1.807, 2.05) is 86.3 Å². The van der Waals surface area contributed by atoms with E-state index in [-0.39, 0.29) is 11.3 Å². The van der Waals surface area contributed by atoms with Gasteiger partial charge in [-0.2, -0.15) is 0 Å². The van der Waals surface area contributed by atoms with Gasteiger partial charge in [-0.3, -0.25) is 14.5 Å². The summed E-state index contributed by atoms with van der Waals surface area (Å²) in [6, 6.07) is 18.4. The topological polar surface area (TPSA) is 71.8 Å². The summed E-state index contributed by atoms with van der Waals surface area (Å²) < 4.78 is 7.72. The highest BCUT2D eigenvalue weighted by Crippen LogP contribution is 2.45. The number of aliphatic hydroxyl groups is 1. The molecule has 3 aromatic carbocycles. The first-order valence-corrected chi connectivity index (χ1v) is 12.5. The number of ether oxygens (including phenoxy) is 1. The standard InChI is InChI=1S/C31H28N2O4/c1-18-13-19(2)15-22(14-18)33-28(24-17-32(3)25-9-5-4-8-23(24)25)27(30(35)31(33)36)29(34)21-10-11-26-20(16-21)7-6-12-37-26/h4-5,8-11,13-17,28,34H,6-7,12H2,1-3H3/b29-27+. The van der Waals surface area contributed by atoms with Crippen LogP contribution in [0.2, 0.25) is 0 Å². The van der Waals surface area contributed by atoms with Gasteiger partial charge in [0, 0.05) is 41.0 Å². The third-order valence-corrected chi connectivity index (χ3v) is 7.33. The van der Waals surface area contributed by atoms with Crippen LogP contribution < -0.4 is 9.64 Å².